The van der Waals surface area contributed by atoms with Crippen LogP contribution in [0.2, 0.25) is 0 Å². The maximum Gasteiger partial charge on any atom is 0.377 e. The average Bonchev–Trinajstić information content (AvgIpc) is 3.08. The number of hydrogen-bond acceptors (Lipinski definition) is 10. The van der Waals surface area contributed by atoms with E-state index in [4.69, 9.17) is 4.52 Å². The van der Waals surface area contributed by atoms with E-state index < -0.39 is 61.4 Å². The van der Waals surface area contributed by atoms with Gasteiger partial charge in [-0.15, -0.1) is 0 Å². The van der Waals surface area contributed by atoms with Gasteiger partial charge in [0.25, 0.3) is 7.82 Å². The molecule has 0 aromatic rings. The summed E-state index contributed by atoms with van der Waals surface area (Å²) in [6.45, 7) is 11.9. The molecule has 1 aliphatic heterocycles. The highest BCUT2D eigenvalue weighted by Crippen LogP contribution is 2.47. The van der Waals surface area contributed by atoms with Crippen LogP contribution in [0.25, 0.3) is 0 Å². The van der Waals surface area contributed by atoms with Crippen LogP contribution in [0, 0.1) is 5.41 Å². The Bertz CT molecular complexity index is 1200. The van der Waals surface area contributed by atoms with Crippen LogP contribution in [-0.2, 0) is 27.9 Å². The van der Waals surface area contributed by atoms with E-state index in [-0.39, 0.29) is 6.42 Å². The summed E-state index contributed by atoms with van der Waals surface area (Å²) in [7, 11) is -5.10. The third-order valence-electron chi connectivity index (χ3n) is 6.05. The number of phosphoric acid groups is 1. The first kappa shape index (κ1) is 31.2. The minimum Gasteiger partial charge on any atom is -0.756 e. The van der Waals surface area contributed by atoms with Gasteiger partial charge in [-0.3, -0.25) is 9.36 Å². The largest absolute Gasteiger partial charge is 0.756 e. The van der Waals surface area contributed by atoms with Crippen molar-refractivity contribution < 1.29 is 48.2 Å². The number of Topliss-reactive ketones (excluding diaryl/α,β-unsaturated/α-hetero) is 1. The van der Waals surface area contributed by atoms with Crippen molar-refractivity contribution in [1.29, 1.82) is 0 Å². The van der Waals surface area contributed by atoms with E-state index >= 15 is 0 Å². The number of cyclic esters (lactones) is 1. The average molecular weight is 550 g/mol. The highest BCUT2D eigenvalue weighted by molar-refractivity contribution is 7.45. The summed E-state index contributed by atoms with van der Waals surface area (Å²) >= 11 is 0. The lowest BCUT2D eigenvalue weighted by Crippen LogP contribution is -2.38. The molecule has 38 heavy (non-hydrogen) atoms. The van der Waals surface area contributed by atoms with Crippen LogP contribution in [0.5, 0.6) is 0 Å². The van der Waals surface area contributed by atoms with E-state index in [2.05, 4.69) is 15.8 Å². The number of carbonyl (C=O) groups is 2. The van der Waals surface area contributed by atoms with Gasteiger partial charge in [-0.05, 0) is 43.8 Å². The molecule has 0 amide bonds. The number of phosphoric ester groups is 1. The van der Waals surface area contributed by atoms with Gasteiger partial charge in [0.1, 0.15) is 12.2 Å². The highest BCUT2D eigenvalue weighted by atomic mass is 31.2. The Morgan fingerprint density at radius 1 is 1.24 bits per heavy atom. The topological polar surface area (TPSA) is 163 Å². The maximum absolute atomic E-state index is 13.0. The number of rotatable bonds is 11. The SMILES string of the molecule is C=C/C=C(C)/C=C/C=C(C)/C=C/C1=C(C)C(=O)C(OP(=O)([O-])OC[C@H](O)[C@H]2OC(=O)C(O)=C2O)CC1(C)C. The van der Waals surface area contributed by atoms with Gasteiger partial charge in [-0.25, -0.2) is 4.79 Å². The zero-order valence-electron chi connectivity index (χ0n) is 22.0. The molecule has 2 aliphatic rings. The number of ketones is 1. The molecule has 0 radical (unpaired) electrons. The van der Waals surface area contributed by atoms with E-state index in [1.54, 1.807) is 13.0 Å². The number of hydrogen-bond donors (Lipinski definition) is 3. The van der Waals surface area contributed by atoms with E-state index in [0.717, 1.165) is 16.7 Å². The molecule has 10 nitrogen and oxygen atoms in total. The fourth-order valence-corrected chi connectivity index (χ4v) is 4.89. The van der Waals surface area contributed by atoms with Gasteiger partial charge in [0.05, 0.1) is 6.61 Å². The lowest BCUT2D eigenvalue weighted by molar-refractivity contribution is -0.232. The lowest BCUT2D eigenvalue weighted by atomic mass is 9.71. The van der Waals surface area contributed by atoms with Crippen LogP contribution < -0.4 is 4.89 Å². The number of aliphatic hydroxyl groups is 3. The summed E-state index contributed by atoms with van der Waals surface area (Å²) in [6, 6.07) is 0. The Hall–Kier alpha value is -3.01. The molecule has 0 saturated carbocycles. The Morgan fingerprint density at radius 2 is 1.87 bits per heavy atom. The molecule has 0 saturated heterocycles. The minimum absolute atomic E-state index is 0.0484. The quantitative estimate of drug-likeness (QED) is 0.195. The van der Waals surface area contributed by atoms with Crippen molar-refractivity contribution in [3.05, 3.63) is 82.9 Å². The second-order valence-corrected chi connectivity index (χ2v) is 11.1. The third-order valence-corrected chi connectivity index (χ3v) is 7.03. The molecule has 0 bridgehead atoms. The van der Waals surface area contributed by atoms with Gasteiger partial charge in [0.15, 0.2) is 17.6 Å². The van der Waals surface area contributed by atoms with Crippen LogP contribution in [-0.4, -0.2) is 52.0 Å². The molecule has 4 atom stereocenters. The number of aliphatic hydroxyl groups excluding tert-OH is 3. The van der Waals surface area contributed by atoms with Crippen molar-refractivity contribution in [2.45, 2.75) is 59.4 Å². The number of allylic oxidation sites excluding steroid dienone is 10. The first-order chi connectivity index (χ1) is 17.6. The molecule has 0 spiro atoms. The molecule has 208 valence electrons. The summed E-state index contributed by atoms with van der Waals surface area (Å²) in [4.78, 5) is 36.6. The summed E-state index contributed by atoms with van der Waals surface area (Å²) in [5.74, 6) is -3.82. The Labute approximate surface area is 222 Å². The fraction of sp³-hybridized carbons (Fsp3) is 0.407. The minimum atomic E-state index is -5.10. The second-order valence-electron chi connectivity index (χ2n) is 9.70. The molecular weight excluding hydrogens is 515 g/mol. The monoisotopic (exact) mass is 549 g/mol. The molecule has 0 fully saturated rings. The first-order valence-electron chi connectivity index (χ1n) is 11.8. The summed E-state index contributed by atoms with van der Waals surface area (Å²) in [6.07, 6.45) is 8.22. The van der Waals surface area contributed by atoms with Gasteiger partial charge in [0, 0.05) is 0 Å². The normalized spacial score (nSPS) is 25.3. The van der Waals surface area contributed by atoms with Gasteiger partial charge in [-0.2, -0.15) is 0 Å². The molecule has 0 aromatic carbocycles. The second kappa shape index (κ2) is 12.7. The van der Waals surface area contributed by atoms with Gasteiger partial charge in [0.2, 0.25) is 5.76 Å². The smallest absolute Gasteiger partial charge is 0.377 e. The van der Waals surface area contributed by atoms with E-state index in [0.29, 0.717) is 5.57 Å². The van der Waals surface area contributed by atoms with E-state index in [1.165, 1.54) is 0 Å². The van der Waals surface area contributed by atoms with Crippen molar-refractivity contribution in [3.8, 4) is 0 Å². The molecule has 0 aromatic heterocycles. The van der Waals surface area contributed by atoms with Crippen molar-refractivity contribution in [1.82, 2.24) is 0 Å². The van der Waals surface area contributed by atoms with Crippen LogP contribution in [0.3, 0.4) is 0 Å². The Kier molecular flexibility index (Phi) is 10.4. The number of carbonyl (C=O) groups excluding carboxylic acids is 2. The first-order valence-corrected chi connectivity index (χ1v) is 13.3. The maximum atomic E-state index is 13.0. The standard InChI is InChI=1S/C27H35O10P/c1-7-9-16(2)10-8-11-17(3)12-13-19-18(4)22(29)21(14-27(19,5)6)37-38(33,34)35-15-20(28)25-23(30)24(31)26(32)36-25/h7-13,20-21,25,28,30-31H,1,14-15H2,2-6H3,(H,33,34)/p-1/b10-8+,13-12+,16-9+,17-11+/t20-,21?,25+/m0/s1. The third kappa shape index (κ3) is 7.99. The molecule has 1 aliphatic carbocycles. The Balaban J connectivity index is 2.09. The predicted molar refractivity (Wildman–Crippen MR) is 139 cm³/mol. The molecule has 1 heterocycles. The number of esters is 1. The van der Waals surface area contributed by atoms with Crippen molar-refractivity contribution in [3.63, 3.8) is 0 Å². The van der Waals surface area contributed by atoms with Crippen molar-refractivity contribution >= 4 is 19.6 Å². The highest BCUT2D eigenvalue weighted by Gasteiger charge is 2.42. The summed E-state index contributed by atoms with van der Waals surface area (Å²) in [5, 5.41) is 28.9. The van der Waals surface area contributed by atoms with E-state index in [9.17, 15) is 34.4 Å². The zero-order valence-corrected chi connectivity index (χ0v) is 22.9. The summed E-state index contributed by atoms with van der Waals surface area (Å²) in [5.41, 5.74) is 2.45. The van der Waals surface area contributed by atoms with Crippen molar-refractivity contribution in [2.24, 2.45) is 5.41 Å². The summed E-state index contributed by atoms with van der Waals surface area (Å²) < 4.78 is 26.7. The molecule has 3 N–H and O–H groups in total. The molecular formula is C27H34O10P-. The van der Waals surface area contributed by atoms with Gasteiger partial charge in [-0.1, -0.05) is 74.1 Å². The lowest BCUT2D eigenvalue weighted by Gasteiger charge is -2.38. The van der Waals surface area contributed by atoms with Crippen LogP contribution in [0.15, 0.2) is 82.9 Å². The van der Waals surface area contributed by atoms with Crippen LogP contribution >= 0.6 is 7.82 Å². The molecule has 2 rings (SSSR count). The van der Waals surface area contributed by atoms with E-state index in [1.807, 2.05) is 64.2 Å². The fourth-order valence-electron chi connectivity index (χ4n) is 4.02. The van der Waals surface area contributed by atoms with Crippen molar-refractivity contribution in [2.75, 3.05) is 6.61 Å². The van der Waals surface area contributed by atoms with Gasteiger partial charge >= 0.3 is 5.97 Å². The van der Waals surface area contributed by atoms with Crippen LogP contribution in [0.4, 0.5) is 0 Å². The molecule has 2 unspecified atom stereocenters. The van der Waals surface area contributed by atoms with Crippen LogP contribution in [0.1, 0.15) is 41.0 Å². The number of ether oxygens (including phenoxy) is 1. The predicted octanol–water partition coefficient (Wildman–Crippen LogP) is 3.98. The molecule has 11 heteroatoms. The Morgan fingerprint density at radius 3 is 2.45 bits per heavy atom. The van der Waals surface area contributed by atoms with Gasteiger partial charge < -0.3 is 34.0 Å². The zero-order chi connectivity index (χ0) is 28.8.